The van der Waals surface area contributed by atoms with Gasteiger partial charge in [0.05, 0.1) is 33.9 Å². The van der Waals surface area contributed by atoms with Gasteiger partial charge in [0.1, 0.15) is 12.3 Å². The fraction of sp³-hybridized carbons (Fsp3) is 0.138. The monoisotopic (exact) mass is 589 g/mol. The zero-order chi connectivity index (χ0) is 30.3. The summed E-state index contributed by atoms with van der Waals surface area (Å²) in [5.41, 5.74) is 1.15. The summed E-state index contributed by atoms with van der Waals surface area (Å²) in [4.78, 5) is 40.7. The smallest absolute Gasteiger partial charge is 0.273 e. The molecule has 0 fully saturated rings. The summed E-state index contributed by atoms with van der Waals surface area (Å²) in [6, 6.07) is 19.3. The van der Waals surface area contributed by atoms with E-state index in [1.165, 1.54) is 62.6 Å². The van der Waals surface area contributed by atoms with Crippen LogP contribution in [0.15, 0.2) is 96.2 Å². The SMILES string of the molecule is COc1ccc(N(CC(=O)Nc2ccccc2C(=O)NCc2cccnc2)S(=O)(=O)c2ccc(C)c([N+](=O)[O-])c2)cc1. The second kappa shape index (κ2) is 12.9. The molecule has 3 aromatic carbocycles. The molecule has 12 nitrogen and oxygen atoms in total. The van der Waals surface area contributed by atoms with Gasteiger partial charge in [-0.3, -0.25) is 29.0 Å². The molecule has 42 heavy (non-hydrogen) atoms. The van der Waals surface area contributed by atoms with Crippen molar-refractivity contribution in [2.24, 2.45) is 0 Å². The van der Waals surface area contributed by atoms with Gasteiger partial charge in [-0.25, -0.2) is 8.42 Å². The summed E-state index contributed by atoms with van der Waals surface area (Å²) in [5.74, 6) is -0.748. The normalized spacial score (nSPS) is 10.9. The number of hydrogen-bond donors (Lipinski definition) is 2. The highest BCUT2D eigenvalue weighted by Gasteiger charge is 2.30. The average molecular weight is 590 g/mol. The molecular weight excluding hydrogens is 562 g/mol. The molecule has 1 aromatic heterocycles. The van der Waals surface area contributed by atoms with E-state index in [0.717, 1.165) is 15.9 Å². The van der Waals surface area contributed by atoms with Gasteiger partial charge in [-0.2, -0.15) is 0 Å². The molecule has 4 rings (SSSR count). The number of methoxy groups -OCH3 is 1. The van der Waals surface area contributed by atoms with E-state index < -0.39 is 33.3 Å². The Hall–Kier alpha value is -5.30. The number of nitro groups is 1. The predicted octanol–water partition coefficient (Wildman–Crippen LogP) is 4.07. The number of carbonyl (C=O) groups excluding carboxylic acids is 2. The molecule has 0 aliphatic carbocycles. The minimum absolute atomic E-state index is 0.122. The summed E-state index contributed by atoms with van der Waals surface area (Å²) >= 11 is 0. The van der Waals surface area contributed by atoms with Crippen LogP contribution in [0.25, 0.3) is 0 Å². The molecule has 216 valence electrons. The first-order chi connectivity index (χ1) is 20.1. The number of benzene rings is 3. The van der Waals surface area contributed by atoms with E-state index >= 15 is 0 Å². The zero-order valence-corrected chi connectivity index (χ0v) is 23.5. The van der Waals surface area contributed by atoms with Crippen LogP contribution in [-0.2, 0) is 21.4 Å². The van der Waals surface area contributed by atoms with Crippen molar-refractivity contribution in [3.63, 3.8) is 0 Å². The lowest BCUT2D eigenvalue weighted by Gasteiger charge is -2.24. The first-order valence-electron chi connectivity index (χ1n) is 12.6. The Morgan fingerprint density at radius 2 is 1.76 bits per heavy atom. The lowest BCUT2D eigenvalue weighted by Crippen LogP contribution is -2.38. The lowest BCUT2D eigenvalue weighted by atomic mass is 10.1. The molecule has 0 spiro atoms. The molecule has 2 N–H and O–H groups in total. The molecule has 0 aliphatic rings. The Kier molecular flexibility index (Phi) is 9.12. The highest BCUT2D eigenvalue weighted by atomic mass is 32.2. The van der Waals surface area contributed by atoms with Crippen LogP contribution in [0.2, 0.25) is 0 Å². The van der Waals surface area contributed by atoms with Crippen LogP contribution in [0.5, 0.6) is 5.75 Å². The third-order valence-electron chi connectivity index (χ3n) is 6.23. The van der Waals surface area contributed by atoms with Gasteiger partial charge in [0, 0.05) is 30.6 Å². The number of nitrogens with one attached hydrogen (secondary N) is 2. The first kappa shape index (κ1) is 29.7. The van der Waals surface area contributed by atoms with Crippen molar-refractivity contribution in [2.45, 2.75) is 18.4 Å². The van der Waals surface area contributed by atoms with Gasteiger partial charge in [0.15, 0.2) is 0 Å². The van der Waals surface area contributed by atoms with E-state index in [2.05, 4.69) is 15.6 Å². The van der Waals surface area contributed by atoms with Crippen LogP contribution in [0.4, 0.5) is 17.1 Å². The van der Waals surface area contributed by atoms with E-state index in [1.807, 2.05) is 0 Å². The molecule has 0 unspecified atom stereocenters. The minimum atomic E-state index is -4.46. The molecule has 0 bridgehead atoms. The summed E-state index contributed by atoms with van der Waals surface area (Å²) in [6.07, 6.45) is 3.23. The Morgan fingerprint density at radius 3 is 2.43 bits per heavy atom. The molecule has 4 aromatic rings. The average Bonchev–Trinajstić information content (AvgIpc) is 2.99. The van der Waals surface area contributed by atoms with Gasteiger partial charge in [-0.1, -0.05) is 24.3 Å². The maximum Gasteiger partial charge on any atom is 0.273 e. The van der Waals surface area contributed by atoms with Gasteiger partial charge >= 0.3 is 0 Å². The zero-order valence-electron chi connectivity index (χ0n) is 22.7. The van der Waals surface area contributed by atoms with Crippen LogP contribution in [0.1, 0.15) is 21.5 Å². The van der Waals surface area contributed by atoms with Gasteiger partial charge < -0.3 is 15.4 Å². The molecule has 0 saturated carbocycles. The predicted molar refractivity (Wildman–Crippen MR) is 156 cm³/mol. The van der Waals surface area contributed by atoms with Crippen LogP contribution in [0.3, 0.4) is 0 Å². The molecular formula is C29H27N5O7S. The molecule has 0 saturated heterocycles. The van der Waals surface area contributed by atoms with Crippen molar-refractivity contribution in [3.05, 3.63) is 118 Å². The van der Waals surface area contributed by atoms with Crippen molar-refractivity contribution in [1.82, 2.24) is 10.3 Å². The number of hydrogen-bond acceptors (Lipinski definition) is 8. The number of para-hydroxylation sites is 1. The van der Waals surface area contributed by atoms with Crippen molar-refractivity contribution in [3.8, 4) is 5.75 Å². The quantitative estimate of drug-likeness (QED) is 0.196. The number of rotatable bonds is 11. The standard InChI is InChI=1S/C29H27N5O7S/c1-20-9-14-24(16-27(20)34(37)38)42(39,40)33(22-10-12-23(41-2)13-11-22)19-28(35)32-26-8-4-3-7-25(26)29(36)31-18-21-6-5-15-30-17-21/h3-17H,18-19H2,1-2H3,(H,31,36)(H,32,35). The van der Waals surface area contributed by atoms with E-state index in [-0.39, 0.29) is 39.6 Å². The van der Waals surface area contributed by atoms with Gasteiger partial charge in [0.2, 0.25) is 5.91 Å². The van der Waals surface area contributed by atoms with Gasteiger partial charge in [0.25, 0.3) is 21.6 Å². The lowest BCUT2D eigenvalue weighted by molar-refractivity contribution is -0.385. The third kappa shape index (κ3) is 6.88. The van der Waals surface area contributed by atoms with E-state index in [0.29, 0.717) is 5.75 Å². The van der Waals surface area contributed by atoms with E-state index in [9.17, 15) is 28.1 Å². The fourth-order valence-electron chi connectivity index (χ4n) is 4.03. The number of aryl methyl sites for hydroxylation is 1. The summed E-state index contributed by atoms with van der Waals surface area (Å²) in [6.45, 7) is 1.01. The number of ether oxygens (including phenoxy) is 1. The van der Waals surface area contributed by atoms with E-state index in [1.54, 1.807) is 36.7 Å². The number of nitrogens with zero attached hydrogens (tertiary/aromatic N) is 3. The Balaban J connectivity index is 1.62. The van der Waals surface area contributed by atoms with Crippen LogP contribution < -0.4 is 19.7 Å². The number of carbonyl (C=O) groups is 2. The highest BCUT2D eigenvalue weighted by molar-refractivity contribution is 7.92. The largest absolute Gasteiger partial charge is 0.497 e. The van der Waals surface area contributed by atoms with Crippen molar-refractivity contribution >= 4 is 38.9 Å². The first-order valence-corrected chi connectivity index (χ1v) is 14.0. The van der Waals surface area contributed by atoms with Crippen molar-refractivity contribution in [1.29, 1.82) is 0 Å². The summed E-state index contributed by atoms with van der Waals surface area (Å²) < 4.78 is 33.5. The number of aromatic nitrogens is 1. The van der Waals surface area contributed by atoms with Crippen LogP contribution in [0, 0.1) is 17.0 Å². The number of amides is 2. The van der Waals surface area contributed by atoms with Crippen molar-refractivity contribution < 1.29 is 27.7 Å². The molecule has 0 atom stereocenters. The van der Waals surface area contributed by atoms with Crippen LogP contribution >= 0.6 is 0 Å². The maximum absolute atomic E-state index is 13.8. The molecule has 0 radical (unpaired) electrons. The molecule has 13 heteroatoms. The Morgan fingerprint density at radius 1 is 1.02 bits per heavy atom. The molecule has 2 amide bonds. The van der Waals surface area contributed by atoms with Gasteiger partial charge in [-0.05, 0) is 61.0 Å². The number of nitro benzene ring substituents is 1. The number of sulfonamides is 1. The summed E-state index contributed by atoms with van der Waals surface area (Å²) in [5, 5.41) is 16.9. The maximum atomic E-state index is 13.8. The molecule has 0 aliphatic heterocycles. The topological polar surface area (TPSA) is 161 Å². The minimum Gasteiger partial charge on any atom is -0.497 e. The number of anilines is 2. The Bertz CT molecular complexity index is 1710. The van der Waals surface area contributed by atoms with Gasteiger partial charge in [-0.15, -0.1) is 0 Å². The number of pyridine rings is 1. The Labute approximate surface area is 242 Å². The van der Waals surface area contributed by atoms with E-state index in [4.69, 9.17) is 4.74 Å². The second-order valence-corrected chi connectivity index (χ2v) is 10.9. The molecule has 1 heterocycles. The highest BCUT2D eigenvalue weighted by Crippen LogP contribution is 2.29. The summed E-state index contributed by atoms with van der Waals surface area (Å²) in [7, 11) is -3.01. The van der Waals surface area contributed by atoms with Crippen LogP contribution in [-0.4, -0.2) is 43.8 Å². The third-order valence-corrected chi connectivity index (χ3v) is 8.00. The second-order valence-electron chi connectivity index (χ2n) is 9.05. The fourth-order valence-corrected chi connectivity index (χ4v) is 5.47. The van der Waals surface area contributed by atoms with Crippen molar-refractivity contribution in [2.75, 3.05) is 23.3 Å².